The first-order valence-electron chi connectivity index (χ1n) is 8.65. The van der Waals surface area contributed by atoms with Crippen molar-refractivity contribution in [3.8, 4) is 0 Å². The second kappa shape index (κ2) is 7.86. The van der Waals surface area contributed by atoms with E-state index >= 15 is 0 Å². The lowest BCUT2D eigenvalue weighted by Crippen LogP contribution is -2.05. The summed E-state index contributed by atoms with van der Waals surface area (Å²) < 4.78 is 0. The van der Waals surface area contributed by atoms with Crippen LogP contribution in [0.1, 0.15) is 107 Å². The summed E-state index contributed by atoms with van der Waals surface area (Å²) in [6.07, 6.45) is 5.65. The van der Waals surface area contributed by atoms with Crippen LogP contribution < -0.4 is 0 Å². The molecule has 1 saturated carbocycles. The smallest absolute Gasteiger partial charge is 0.0162 e. The van der Waals surface area contributed by atoms with E-state index in [1.807, 2.05) is 13.8 Å². The normalized spacial score (nSPS) is 15.7. The summed E-state index contributed by atoms with van der Waals surface area (Å²) in [5.41, 5.74) is 6.30. The highest BCUT2D eigenvalue weighted by atomic mass is 14.3. The molecule has 2 rings (SSSR count). The first kappa shape index (κ1) is 17.3. The van der Waals surface area contributed by atoms with Crippen LogP contribution in [0.3, 0.4) is 0 Å². The van der Waals surface area contributed by atoms with Crippen LogP contribution in [-0.4, -0.2) is 0 Å². The Hall–Kier alpha value is -0.780. The van der Waals surface area contributed by atoms with Crippen molar-refractivity contribution in [2.24, 2.45) is 0 Å². The molecule has 114 valence electrons. The minimum Gasteiger partial charge on any atom is -0.0683 e. The van der Waals surface area contributed by atoms with Crippen molar-refractivity contribution < 1.29 is 0 Å². The maximum atomic E-state index is 2.52. The van der Waals surface area contributed by atoms with Gasteiger partial charge in [-0.15, -0.1) is 0 Å². The number of rotatable bonds is 3. The van der Waals surface area contributed by atoms with Gasteiger partial charge in [-0.2, -0.15) is 0 Å². The molecule has 1 aliphatic carbocycles. The average Bonchev–Trinajstić information content (AvgIpc) is 2.93. The Balaban J connectivity index is 0.000000956. The summed E-state index contributed by atoms with van der Waals surface area (Å²) in [5.74, 6) is 2.12. The maximum absolute atomic E-state index is 2.52. The summed E-state index contributed by atoms with van der Waals surface area (Å²) >= 11 is 0. The molecule has 0 heterocycles. The molecular formula is C20H34. The number of benzene rings is 1. The molecule has 0 nitrogen and oxygen atoms in total. The molecule has 0 unspecified atom stereocenters. The van der Waals surface area contributed by atoms with Gasteiger partial charge < -0.3 is 0 Å². The highest BCUT2D eigenvalue weighted by molar-refractivity contribution is 5.43. The van der Waals surface area contributed by atoms with E-state index < -0.39 is 0 Å². The van der Waals surface area contributed by atoms with Crippen molar-refractivity contribution >= 4 is 0 Å². The molecule has 20 heavy (non-hydrogen) atoms. The van der Waals surface area contributed by atoms with Crippen LogP contribution in [-0.2, 0) is 0 Å². The van der Waals surface area contributed by atoms with Gasteiger partial charge in [0.15, 0.2) is 0 Å². The Labute approximate surface area is 127 Å². The van der Waals surface area contributed by atoms with E-state index in [1.165, 1.54) is 31.2 Å². The van der Waals surface area contributed by atoms with Crippen LogP contribution in [0.15, 0.2) is 12.1 Å². The third kappa shape index (κ3) is 3.87. The summed E-state index contributed by atoms with van der Waals surface area (Å²) in [4.78, 5) is 0. The van der Waals surface area contributed by atoms with Gasteiger partial charge in [0.05, 0.1) is 0 Å². The summed E-state index contributed by atoms with van der Waals surface area (Å²) in [5, 5.41) is 0. The Morgan fingerprint density at radius 2 is 1.45 bits per heavy atom. The molecule has 1 aromatic rings. The lowest BCUT2D eigenvalue weighted by molar-refractivity contribution is 0.711. The molecule has 1 aromatic carbocycles. The number of aryl methyl sites for hydroxylation is 1. The first-order valence-corrected chi connectivity index (χ1v) is 8.65. The molecule has 0 heteroatoms. The third-order valence-electron chi connectivity index (χ3n) is 4.47. The fourth-order valence-corrected chi connectivity index (χ4v) is 3.62. The van der Waals surface area contributed by atoms with Crippen molar-refractivity contribution in [3.63, 3.8) is 0 Å². The molecule has 0 bridgehead atoms. The average molecular weight is 274 g/mol. The second-order valence-corrected chi connectivity index (χ2v) is 6.63. The third-order valence-corrected chi connectivity index (χ3v) is 4.47. The molecule has 1 fully saturated rings. The number of hydrogen-bond acceptors (Lipinski definition) is 0. The highest BCUT2D eigenvalue weighted by Crippen LogP contribution is 2.38. The molecule has 0 radical (unpaired) electrons. The molecule has 0 atom stereocenters. The van der Waals surface area contributed by atoms with Crippen molar-refractivity contribution in [3.05, 3.63) is 34.4 Å². The molecule has 0 spiro atoms. The molecule has 1 aliphatic rings. The Bertz CT molecular complexity index is 406. The van der Waals surface area contributed by atoms with Crippen LogP contribution in [0, 0.1) is 6.92 Å². The summed E-state index contributed by atoms with van der Waals surface area (Å²) in [6.45, 7) is 15.6. The molecule has 0 saturated heterocycles. The van der Waals surface area contributed by atoms with Crippen molar-refractivity contribution in [1.82, 2.24) is 0 Å². The van der Waals surface area contributed by atoms with Crippen LogP contribution >= 0.6 is 0 Å². The van der Waals surface area contributed by atoms with Gasteiger partial charge in [-0.25, -0.2) is 0 Å². The van der Waals surface area contributed by atoms with Crippen LogP contribution in [0.5, 0.6) is 0 Å². The van der Waals surface area contributed by atoms with E-state index in [2.05, 4.69) is 46.8 Å². The van der Waals surface area contributed by atoms with Crippen LogP contribution in [0.4, 0.5) is 0 Å². The zero-order valence-electron chi connectivity index (χ0n) is 14.7. The van der Waals surface area contributed by atoms with Gasteiger partial charge >= 0.3 is 0 Å². The fraction of sp³-hybridized carbons (Fsp3) is 0.700. The topological polar surface area (TPSA) is 0 Å². The molecule has 0 N–H and O–H groups in total. The van der Waals surface area contributed by atoms with Gasteiger partial charge in [0.1, 0.15) is 0 Å². The fourth-order valence-electron chi connectivity index (χ4n) is 3.62. The molecular weight excluding hydrogens is 240 g/mol. The van der Waals surface area contributed by atoms with E-state index in [-0.39, 0.29) is 0 Å². The maximum Gasteiger partial charge on any atom is -0.0162 e. The van der Waals surface area contributed by atoms with Crippen LogP contribution in [0.2, 0.25) is 0 Å². The van der Waals surface area contributed by atoms with Crippen LogP contribution in [0.25, 0.3) is 0 Å². The lowest BCUT2D eigenvalue weighted by atomic mass is 9.83. The van der Waals surface area contributed by atoms with Gasteiger partial charge in [0.25, 0.3) is 0 Å². The quantitative estimate of drug-likeness (QED) is 0.561. The standard InChI is InChI=1S/C18H28.C2H6/c1-12(2)17-11-16(15-8-6-7-9-15)10-14(5)18(17)13(3)4;1-2/h10-13,15H,6-9H2,1-5H3;1-2H3. The minimum absolute atomic E-state index is 0.639. The lowest BCUT2D eigenvalue weighted by Gasteiger charge is -2.22. The van der Waals surface area contributed by atoms with E-state index in [0.717, 1.165) is 5.92 Å². The van der Waals surface area contributed by atoms with Gasteiger partial charge in [-0.1, -0.05) is 66.5 Å². The van der Waals surface area contributed by atoms with E-state index in [9.17, 15) is 0 Å². The van der Waals surface area contributed by atoms with E-state index in [1.54, 1.807) is 16.7 Å². The molecule has 0 aromatic heterocycles. The predicted octanol–water partition coefficient (Wildman–Crippen LogP) is 6.93. The Morgan fingerprint density at radius 1 is 0.900 bits per heavy atom. The summed E-state index contributed by atoms with van der Waals surface area (Å²) in [7, 11) is 0. The highest BCUT2D eigenvalue weighted by Gasteiger charge is 2.20. The van der Waals surface area contributed by atoms with Gasteiger partial charge in [0.2, 0.25) is 0 Å². The largest absolute Gasteiger partial charge is 0.0683 e. The Morgan fingerprint density at radius 3 is 1.90 bits per heavy atom. The SMILES string of the molecule is CC.Cc1cc(C2CCCC2)cc(C(C)C)c1C(C)C. The first-order chi connectivity index (χ1) is 9.50. The molecule has 0 amide bonds. The minimum atomic E-state index is 0.639. The van der Waals surface area contributed by atoms with E-state index in [0.29, 0.717) is 11.8 Å². The van der Waals surface area contributed by atoms with E-state index in [4.69, 9.17) is 0 Å². The van der Waals surface area contributed by atoms with Crippen molar-refractivity contribution in [1.29, 1.82) is 0 Å². The predicted molar refractivity (Wildman–Crippen MR) is 91.9 cm³/mol. The van der Waals surface area contributed by atoms with Gasteiger partial charge in [-0.3, -0.25) is 0 Å². The second-order valence-electron chi connectivity index (χ2n) is 6.63. The Kier molecular flexibility index (Phi) is 6.79. The summed E-state index contributed by atoms with van der Waals surface area (Å²) in [6, 6.07) is 4.99. The zero-order chi connectivity index (χ0) is 15.3. The zero-order valence-corrected chi connectivity index (χ0v) is 14.7. The molecule has 0 aliphatic heterocycles. The van der Waals surface area contributed by atoms with Crippen molar-refractivity contribution in [2.75, 3.05) is 0 Å². The van der Waals surface area contributed by atoms with Crippen molar-refractivity contribution in [2.45, 2.75) is 91.9 Å². The monoisotopic (exact) mass is 274 g/mol. The van der Waals surface area contributed by atoms with Gasteiger partial charge in [0, 0.05) is 0 Å². The van der Waals surface area contributed by atoms with Gasteiger partial charge in [-0.05, 0) is 59.8 Å². The number of hydrogen-bond donors (Lipinski definition) is 0.